The Bertz CT molecular complexity index is 1520. The van der Waals surface area contributed by atoms with Crippen LogP contribution in [-0.2, 0) is 7.05 Å². The maximum atomic E-state index is 4.85. The molecule has 8 nitrogen and oxygen atoms in total. The number of aryl methyl sites for hydroxylation is 1. The highest BCUT2D eigenvalue weighted by molar-refractivity contribution is 7.13. The molecule has 0 radical (unpaired) electrons. The van der Waals surface area contributed by atoms with E-state index in [1.165, 1.54) is 0 Å². The maximum Gasteiger partial charge on any atom is 0.161 e. The molecule has 0 atom stereocenters. The van der Waals surface area contributed by atoms with E-state index in [0.29, 0.717) is 17.2 Å². The molecule has 6 rings (SSSR count). The molecular weight excluding hydrogens is 396 g/mol. The van der Waals surface area contributed by atoms with Gasteiger partial charge in [0.1, 0.15) is 17.0 Å². The minimum atomic E-state index is 0.660. The minimum Gasteiger partial charge on any atom is -0.331 e. The fraction of sp³-hybridized carbons (Fsp3) is 0.0952. The predicted octanol–water partition coefficient (Wildman–Crippen LogP) is 4.33. The van der Waals surface area contributed by atoms with Crippen LogP contribution in [0.1, 0.15) is 5.82 Å². The zero-order valence-corrected chi connectivity index (χ0v) is 17.0. The fourth-order valence-electron chi connectivity index (χ4n) is 3.65. The molecule has 0 bridgehead atoms. The zero-order valence-electron chi connectivity index (χ0n) is 16.2. The van der Waals surface area contributed by atoms with Crippen LogP contribution in [0, 0.1) is 6.92 Å². The molecule has 0 amide bonds. The fourth-order valence-corrected chi connectivity index (χ4v) is 4.40. The number of aromatic nitrogens is 8. The molecule has 9 heteroatoms. The molecule has 30 heavy (non-hydrogen) atoms. The summed E-state index contributed by atoms with van der Waals surface area (Å²) in [6.45, 7) is 1.98. The second-order valence-corrected chi connectivity index (χ2v) is 8.01. The molecule has 0 unspecified atom stereocenters. The van der Waals surface area contributed by atoms with Crippen molar-refractivity contribution < 1.29 is 0 Å². The Hall–Kier alpha value is -3.85. The van der Waals surface area contributed by atoms with E-state index in [4.69, 9.17) is 4.98 Å². The van der Waals surface area contributed by atoms with E-state index in [2.05, 4.69) is 47.6 Å². The number of aromatic amines is 2. The summed E-state index contributed by atoms with van der Waals surface area (Å²) in [7, 11) is 2.00. The van der Waals surface area contributed by atoms with E-state index in [-0.39, 0.29) is 0 Å². The lowest BCUT2D eigenvalue weighted by Crippen LogP contribution is -1.94. The molecule has 0 aromatic carbocycles. The Balaban J connectivity index is 1.53. The number of fused-ring (bicyclic) bond motifs is 2. The van der Waals surface area contributed by atoms with Crippen LogP contribution in [0.5, 0.6) is 0 Å². The number of thiophene rings is 1. The molecule has 0 saturated heterocycles. The van der Waals surface area contributed by atoms with Gasteiger partial charge in [-0.3, -0.25) is 5.10 Å². The summed E-state index contributed by atoms with van der Waals surface area (Å²) in [5.74, 6) is 1.61. The lowest BCUT2D eigenvalue weighted by atomic mass is 10.1. The van der Waals surface area contributed by atoms with Crippen LogP contribution in [0.2, 0.25) is 0 Å². The third-order valence-electron chi connectivity index (χ3n) is 5.33. The van der Waals surface area contributed by atoms with Crippen molar-refractivity contribution in [2.45, 2.75) is 6.92 Å². The van der Waals surface area contributed by atoms with Gasteiger partial charge in [0.25, 0.3) is 0 Å². The third kappa shape index (κ3) is 2.49. The Morgan fingerprint density at radius 2 is 2.00 bits per heavy atom. The number of nitrogens with one attached hydrogen (secondary N) is 2. The number of rotatable bonds is 3. The summed E-state index contributed by atoms with van der Waals surface area (Å²) in [5.41, 5.74) is 6.02. The van der Waals surface area contributed by atoms with E-state index >= 15 is 0 Å². The van der Waals surface area contributed by atoms with E-state index in [9.17, 15) is 0 Å². The van der Waals surface area contributed by atoms with Crippen molar-refractivity contribution in [1.82, 2.24) is 39.7 Å². The van der Waals surface area contributed by atoms with Crippen molar-refractivity contribution in [1.29, 1.82) is 0 Å². The van der Waals surface area contributed by atoms with Gasteiger partial charge in [-0.1, -0.05) is 6.07 Å². The Morgan fingerprint density at radius 3 is 2.80 bits per heavy atom. The zero-order chi connectivity index (χ0) is 20.2. The molecule has 0 spiro atoms. The van der Waals surface area contributed by atoms with Crippen LogP contribution in [0.15, 0.2) is 48.2 Å². The molecule has 6 heterocycles. The smallest absolute Gasteiger partial charge is 0.161 e. The Labute approximate surface area is 174 Å². The summed E-state index contributed by atoms with van der Waals surface area (Å²) in [5, 5.41) is 10.4. The molecular formula is C21H16N8S. The highest BCUT2D eigenvalue weighted by atomic mass is 32.1. The van der Waals surface area contributed by atoms with Crippen LogP contribution < -0.4 is 0 Å². The number of hydrogen-bond acceptors (Lipinski definition) is 6. The van der Waals surface area contributed by atoms with Gasteiger partial charge in [-0.05, 0) is 30.5 Å². The molecule has 6 aromatic rings. The van der Waals surface area contributed by atoms with Gasteiger partial charge in [-0.15, -0.1) is 11.3 Å². The molecule has 6 aromatic heterocycles. The highest BCUT2D eigenvalue weighted by Crippen LogP contribution is 2.33. The van der Waals surface area contributed by atoms with Gasteiger partial charge < -0.3 is 9.55 Å². The number of pyridine rings is 2. The average molecular weight is 412 g/mol. The van der Waals surface area contributed by atoms with E-state index < -0.39 is 0 Å². The molecule has 0 aliphatic heterocycles. The van der Waals surface area contributed by atoms with Crippen molar-refractivity contribution in [2.24, 2.45) is 7.05 Å². The van der Waals surface area contributed by atoms with E-state index in [1.54, 1.807) is 17.5 Å². The standard InChI is InChI=1S/C21H16N8S/c1-11-23-10-15(29(11)2)12-8-14-18(27-28-19(14)24-9-12)21-25-17-13(16-4-3-7-30-16)5-6-22-20(17)26-21/h3-10H,1-2H3,(H,22,25,26)(H,24,27,28). The monoisotopic (exact) mass is 412 g/mol. The maximum absolute atomic E-state index is 4.85. The summed E-state index contributed by atoms with van der Waals surface area (Å²) in [4.78, 5) is 22.7. The van der Waals surface area contributed by atoms with Crippen LogP contribution >= 0.6 is 11.3 Å². The number of H-pyrrole nitrogens is 2. The van der Waals surface area contributed by atoms with Crippen LogP contribution in [0.3, 0.4) is 0 Å². The first-order chi connectivity index (χ1) is 14.7. The molecule has 2 N–H and O–H groups in total. The average Bonchev–Trinajstić information content (AvgIpc) is 3.54. The van der Waals surface area contributed by atoms with Gasteiger partial charge in [-0.25, -0.2) is 19.9 Å². The van der Waals surface area contributed by atoms with Crippen molar-refractivity contribution in [2.75, 3.05) is 0 Å². The Kier molecular flexibility index (Phi) is 3.59. The van der Waals surface area contributed by atoms with E-state index in [1.807, 2.05) is 43.1 Å². The van der Waals surface area contributed by atoms with Crippen molar-refractivity contribution in [3.8, 4) is 33.2 Å². The van der Waals surface area contributed by atoms with Gasteiger partial charge in [0.05, 0.1) is 17.3 Å². The molecule has 0 aliphatic carbocycles. The summed E-state index contributed by atoms with van der Waals surface area (Å²) in [6, 6.07) is 8.18. The first-order valence-corrected chi connectivity index (χ1v) is 10.3. The van der Waals surface area contributed by atoms with Crippen molar-refractivity contribution >= 4 is 33.5 Å². The van der Waals surface area contributed by atoms with Gasteiger partial charge in [0.2, 0.25) is 0 Å². The number of hydrogen-bond donors (Lipinski definition) is 2. The van der Waals surface area contributed by atoms with Crippen LogP contribution in [0.4, 0.5) is 0 Å². The topological polar surface area (TPSA) is 101 Å². The van der Waals surface area contributed by atoms with Gasteiger partial charge >= 0.3 is 0 Å². The van der Waals surface area contributed by atoms with Gasteiger partial charge in [-0.2, -0.15) is 5.10 Å². The summed E-state index contributed by atoms with van der Waals surface area (Å²) >= 11 is 1.68. The second kappa shape index (κ2) is 6.33. The SMILES string of the molecule is Cc1ncc(-c2cnc3[nH]nc(-c4nc5c(-c6cccs6)ccnc5[nH]4)c3c2)n1C. The van der Waals surface area contributed by atoms with E-state index in [0.717, 1.165) is 44.1 Å². The lowest BCUT2D eigenvalue weighted by Gasteiger charge is -2.03. The van der Waals surface area contributed by atoms with Crippen LogP contribution in [0.25, 0.3) is 55.4 Å². The highest BCUT2D eigenvalue weighted by Gasteiger charge is 2.17. The molecule has 0 aliphatic rings. The van der Waals surface area contributed by atoms with Crippen molar-refractivity contribution in [3.63, 3.8) is 0 Å². The summed E-state index contributed by atoms with van der Waals surface area (Å²) < 4.78 is 2.04. The first-order valence-electron chi connectivity index (χ1n) is 9.41. The van der Waals surface area contributed by atoms with Gasteiger partial charge in [0.15, 0.2) is 17.1 Å². The molecule has 146 valence electrons. The largest absolute Gasteiger partial charge is 0.331 e. The van der Waals surface area contributed by atoms with Crippen molar-refractivity contribution in [3.05, 3.63) is 54.1 Å². The lowest BCUT2D eigenvalue weighted by molar-refractivity contribution is 0.865. The first kappa shape index (κ1) is 17.0. The van der Waals surface area contributed by atoms with Gasteiger partial charge in [0, 0.05) is 35.4 Å². The predicted molar refractivity (Wildman–Crippen MR) is 117 cm³/mol. The van der Waals surface area contributed by atoms with Crippen LogP contribution in [-0.4, -0.2) is 39.7 Å². The molecule has 0 fully saturated rings. The Morgan fingerprint density at radius 1 is 1.07 bits per heavy atom. The quantitative estimate of drug-likeness (QED) is 0.450. The number of imidazole rings is 2. The normalized spacial score (nSPS) is 11.7. The molecule has 0 saturated carbocycles. The number of nitrogens with zero attached hydrogens (tertiary/aromatic N) is 6. The summed E-state index contributed by atoms with van der Waals surface area (Å²) in [6.07, 6.45) is 5.48. The second-order valence-electron chi connectivity index (χ2n) is 7.06. The third-order valence-corrected chi connectivity index (χ3v) is 6.23. The minimum absolute atomic E-state index is 0.660.